The normalized spacial score (nSPS) is 15.3. The molecule has 1 N–H and O–H groups in total. The van der Waals surface area contributed by atoms with Crippen LogP contribution >= 0.6 is 0 Å². The Kier molecular flexibility index (Phi) is 6.02. The summed E-state index contributed by atoms with van der Waals surface area (Å²) in [4.78, 5) is 12.9. The van der Waals surface area contributed by atoms with E-state index in [-0.39, 0.29) is 6.04 Å². The Morgan fingerprint density at radius 2 is 1.66 bits per heavy atom. The van der Waals surface area contributed by atoms with Crippen LogP contribution in [0.2, 0.25) is 0 Å². The van der Waals surface area contributed by atoms with Crippen molar-refractivity contribution < 1.29 is 22.7 Å². The molecule has 1 amide bonds. The van der Waals surface area contributed by atoms with Gasteiger partial charge in [0.05, 0.1) is 18.0 Å². The highest BCUT2D eigenvalue weighted by Crippen LogP contribution is 2.35. The third kappa shape index (κ3) is 4.82. The quantitative estimate of drug-likeness (QED) is 0.780. The van der Waals surface area contributed by atoms with Crippen LogP contribution in [0.5, 0.6) is 11.5 Å². The van der Waals surface area contributed by atoms with Crippen molar-refractivity contribution in [1.82, 2.24) is 5.32 Å². The fourth-order valence-electron chi connectivity index (χ4n) is 3.25. The van der Waals surface area contributed by atoms with E-state index in [0.717, 1.165) is 21.7 Å². The molecular weight excluding hydrogens is 392 g/mol. The number of amides is 1. The van der Waals surface area contributed by atoms with Crippen molar-refractivity contribution in [2.75, 3.05) is 23.8 Å². The third-order valence-electron chi connectivity index (χ3n) is 4.80. The molecule has 0 saturated heterocycles. The van der Waals surface area contributed by atoms with E-state index < -0.39 is 22.0 Å². The smallest absolute Gasteiger partial charge is 0.244 e. The number of rotatable bonds is 6. The summed E-state index contributed by atoms with van der Waals surface area (Å²) in [5, 5.41) is 2.90. The summed E-state index contributed by atoms with van der Waals surface area (Å²) in [5.41, 5.74) is 2.42. The lowest BCUT2D eigenvalue weighted by Crippen LogP contribution is -2.48. The number of ether oxygens (including phenoxy) is 2. The van der Waals surface area contributed by atoms with E-state index >= 15 is 0 Å². The van der Waals surface area contributed by atoms with Crippen molar-refractivity contribution in [1.29, 1.82) is 0 Å². The second kappa shape index (κ2) is 8.32. The van der Waals surface area contributed by atoms with Crippen LogP contribution in [0.1, 0.15) is 31.0 Å². The first-order valence-electron chi connectivity index (χ1n) is 9.43. The molecular formula is C21H26N2O5S. The zero-order chi connectivity index (χ0) is 21.2. The number of hydrogen-bond donors (Lipinski definition) is 1. The van der Waals surface area contributed by atoms with E-state index in [0.29, 0.717) is 30.4 Å². The fraction of sp³-hybridized carbons (Fsp3) is 0.381. The zero-order valence-corrected chi connectivity index (χ0v) is 17.8. The highest BCUT2D eigenvalue weighted by atomic mass is 32.2. The second-order valence-corrected chi connectivity index (χ2v) is 9.06. The molecule has 0 fully saturated rings. The number of carbonyl (C=O) groups is 1. The highest BCUT2D eigenvalue weighted by molar-refractivity contribution is 7.92. The molecule has 7 nitrogen and oxygen atoms in total. The van der Waals surface area contributed by atoms with Crippen LogP contribution in [0.4, 0.5) is 5.69 Å². The SMILES string of the molecule is Cc1ccc([C@H](C)NC(=O)[C@@H](C)N(c2ccc3c(c2)OCCO3)S(C)(=O)=O)cc1. The molecule has 0 bridgehead atoms. The minimum Gasteiger partial charge on any atom is -0.486 e. The number of nitrogens with zero attached hydrogens (tertiary/aromatic N) is 1. The van der Waals surface area contributed by atoms with Gasteiger partial charge in [-0.25, -0.2) is 8.42 Å². The first-order chi connectivity index (χ1) is 13.7. The molecule has 1 heterocycles. The molecule has 8 heteroatoms. The molecule has 3 rings (SSSR count). The van der Waals surface area contributed by atoms with Gasteiger partial charge in [-0.05, 0) is 38.5 Å². The summed E-state index contributed by atoms with van der Waals surface area (Å²) in [5.74, 6) is 0.625. The Labute approximate surface area is 171 Å². The van der Waals surface area contributed by atoms with Gasteiger partial charge < -0.3 is 14.8 Å². The van der Waals surface area contributed by atoms with Gasteiger partial charge in [-0.15, -0.1) is 0 Å². The lowest BCUT2D eigenvalue weighted by Gasteiger charge is -2.30. The zero-order valence-electron chi connectivity index (χ0n) is 17.0. The number of carbonyl (C=O) groups excluding carboxylic acids is 1. The Bertz CT molecular complexity index is 989. The van der Waals surface area contributed by atoms with Crippen LogP contribution in [0.15, 0.2) is 42.5 Å². The largest absolute Gasteiger partial charge is 0.486 e. The first kappa shape index (κ1) is 21.0. The predicted octanol–water partition coefficient (Wildman–Crippen LogP) is 2.80. The number of hydrogen-bond acceptors (Lipinski definition) is 5. The average molecular weight is 419 g/mol. The Morgan fingerprint density at radius 3 is 2.28 bits per heavy atom. The van der Waals surface area contributed by atoms with E-state index in [2.05, 4.69) is 5.32 Å². The third-order valence-corrected chi connectivity index (χ3v) is 6.05. The maximum absolute atomic E-state index is 12.9. The van der Waals surface area contributed by atoms with Crippen LogP contribution < -0.4 is 19.1 Å². The molecule has 29 heavy (non-hydrogen) atoms. The van der Waals surface area contributed by atoms with Crippen LogP contribution in [0.3, 0.4) is 0 Å². The summed E-state index contributed by atoms with van der Waals surface area (Å²) < 4.78 is 37.2. The van der Waals surface area contributed by atoms with E-state index in [1.165, 1.54) is 0 Å². The van der Waals surface area contributed by atoms with Crippen LogP contribution in [-0.2, 0) is 14.8 Å². The van der Waals surface area contributed by atoms with Crippen molar-refractivity contribution in [2.45, 2.75) is 32.9 Å². The maximum Gasteiger partial charge on any atom is 0.244 e. The van der Waals surface area contributed by atoms with Crippen molar-refractivity contribution in [3.05, 3.63) is 53.6 Å². The number of fused-ring (bicyclic) bond motifs is 1. The summed E-state index contributed by atoms with van der Waals surface area (Å²) in [6, 6.07) is 11.5. The summed E-state index contributed by atoms with van der Waals surface area (Å²) in [6.45, 7) is 6.25. The first-order valence-corrected chi connectivity index (χ1v) is 11.3. The lowest BCUT2D eigenvalue weighted by atomic mass is 10.1. The molecule has 0 unspecified atom stereocenters. The number of anilines is 1. The summed E-state index contributed by atoms with van der Waals surface area (Å²) >= 11 is 0. The van der Waals surface area contributed by atoms with Gasteiger partial charge in [0.15, 0.2) is 11.5 Å². The summed E-state index contributed by atoms with van der Waals surface area (Å²) in [6.07, 6.45) is 1.08. The van der Waals surface area contributed by atoms with Crippen molar-refractivity contribution in [2.24, 2.45) is 0 Å². The van der Waals surface area contributed by atoms with Gasteiger partial charge in [-0.1, -0.05) is 29.8 Å². The van der Waals surface area contributed by atoms with E-state index in [4.69, 9.17) is 9.47 Å². The summed E-state index contributed by atoms with van der Waals surface area (Å²) in [7, 11) is -3.72. The molecule has 0 radical (unpaired) electrons. The van der Waals surface area contributed by atoms with Crippen molar-refractivity contribution >= 4 is 21.6 Å². The van der Waals surface area contributed by atoms with Gasteiger partial charge in [0.1, 0.15) is 19.3 Å². The van der Waals surface area contributed by atoms with Crippen molar-refractivity contribution in [3.8, 4) is 11.5 Å². The number of benzene rings is 2. The van der Waals surface area contributed by atoms with Crippen LogP contribution in [0, 0.1) is 6.92 Å². The molecule has 2 aromatic rings. The Hall–Kier alpha value is -2.74. The molecule has 0 aliphatic carbocycles. The molecule has 156 valence electrons. The molecule has 1 aliphatic heterocycles. The number of nitrogens with one attached hydrogen (secondary N) is 1. The van der Waals surface area contributed by atoms with E-state index in [1.54, 1.807) is 25.1 Å². The fourth-order valence-corrected chi connectivity index (χ4v) is 4.42. The minimum atomic E-state index is -3.72. The van der Waals surface area contributed by atoms with Gasteiger partial charge in [0, 0.05) is 6.07 Å². The molecule has 2 atom stereocenters. The highest BCUT2D eigenvalue weighted by Gasteiger charge is 2.31. The minimum absolute atomic E-state index is 0.257. The van der Waals surface area contributed by atoms with Crippen LogP contribution in [0.25, 0.3) is 0 Å². The molecule has 0 saturated carbocycles. The van der Waals surface area contributed by atoms with E-state index in [1.807, 2.05) is 38.1 Å². The monoisotopic (exact) mass is 418 g/mol. The Morgan fingerprint density at radius 1 is 1.03 bits per heavy atom. The second-order valence-electron chi connectivity index (χ2n) is 7.20. The number of sulfonamides is 1. The lowest BCUT2D eigenvalue weighted by molar-refractivity contribution is -0.122. The van der Waals surface area contributed by atoms with Crippen molar-refractivity contribution in [3.63, 3.8) is 0 Å². The number of aryl methyl sites for hydroxylation is 1. The standard InChI is InChI=1S/C21H26N2O5S/c1-14-5-7-17(8-6-14)15(2)22-21(24)16(3)23(29(4,25)26)18-9-10-19-20(13-18)28-12-11-27-19/h5-10,13,15-16H,11-12H2,1-4H3,(H,22,24)/t15-,16+/m0/s1. The predicted molar refractivity (Wildman–Crippen MR) is 112 cm³/mol. The van der Waals surface area contributed by atoms with E-state index in [9.17, 15) is 13.2 Å². The molecule has 0 spiro atoms. The topological polar surface area (TPSA) is 84.9 Å². The molecule has 2 aromatic carbocycles. The maximum atomic E-state index is 12.9. The van der Waals surface area contributed by atoms with Gasteiger partial charge >= 0.3 is 0 Å². The molecule has 0 aromatic heterocycles. The van der Waals surface area contributed by atoms with Gasteiger partial charge in [-0.3, -0.25) is 9.10 Å². The van der Waals surface area contributed by atoms with Crippen LogP contribution in [-0.4, -0.2) is 39.8 Å². The van der Waals surface area contributed by atoms with Gasteiger partial charge in [0.2, 0.25) is 15.9 Å². The molecule has 1 aliphatic rings. The average Bonchev–Trinajstić information content (AvgIpc) is 2.67. The van der Waals surface area contributed by atoms with Gasteiger partial charge in [0.25, 0.3) is 0 Å². The Balaban J connectivity index is 1.83. The van der Waals surface area contributed by atoms with Gasteiger partial charge in [-0.2, -0.15) is 0 Å².